The van der Waals surface area contributed by atoms with Crippen molar-refractivity contribution in [3.63, 3.8) is 0 Å². The average molecular weight is 315 g/mol. The Hall–Kier alpha value is -2.05. The highest BCUT2D eigenvalue weighted by atomic mass is 32.1. The molecule has 0 aliphatic carbocycles. The summed E-state index contributed by atoms with van der Waals surface area (Å²) in [6.45, 7) is 5.84. The van der Waals surface area contributed by atoms with Crippen molar-refractivity contribution >= 4 is 16.3 Å². The zero-order valence-corrected chi connectivity index (χ0v) is 13.4. The van der Waals surface area contributed by atoms with Crippen LogP contribution in [0.4, 0.5) is 0 Å². The quantitative estimate of drug-likeness (QED) is 0.790. The van der Waals surface area contributed by atoms with Gasteiger partial charge in [0.2, 0.25) is 0 Å². The first-order valence-corrected chi connectivity index (χ1v) is 8.08. The van der Waals surface area contributed by atoms with Gasteiger partial charge in [-0.25, -0.2) is 4.98 Å². The lowest BCUT2D eigenvalue weighted by Gasteiger charge is -2.18. The summed E-state index contributed by atoms with van der Waals surface area (Å²) >= 11 is 1.69. The van der Waals surface area contributed by atoms with Gasteiger partial charge in [0.1, 0.15) is 13.2 Å². The number of aryl methyl sites for hydroxylation is 2. The van der Waals surface area contributed by atoms with Gasteiger partial charge in [-0.3, -0.25) is 4.40 Å². The molecule has 0 fully saturated rings. The van der Waals surface area contributed by atoms with Crippen LogP contribution in [0.2, 0.25) is 0 Å². The molecule has 3 aromatic rings. The molecular formula is C16H17N3O2S. The summed E-state index contributed by atoms with van der Waals surface area (Å²) in [5, 5.41) is 0. The number of ether oxygens (including phenoxy) is 2. The van der Waals surface area contributed by atoms with Gasteiger partial charge in [-0.1, -0.05) is 0 Å². The number of hydrogen-bond acceptors (Lipinski definition) is 5. The molecule has 1 aliphatic heterocycles. The average Bonchev–Trinajstić information content (AvgIpc) is 3.03. The minimum atomic E-state index is 0.446. The van der Waals surface area contributed by atoms with E-state index in [9.17, 15) is 0 Å². The van der Waals surface area contributed by atoms with E-state index in [4.69, 9.17) is 20.2 Å². The van der Waals surface area contributed by atoms with Crippen molar-refractivity contribution in [2.24, 2.45) is 5.73 Å². The van der Waals surface area contributed by atoms with Gasteiger partial charge < -0.3 is 15.2 Å². The maximum absolute atomic E-state index is 6.00. The van der Waals surface area contributed by atoms with E-state index in [0.717, 1.165) is 33.4 Å². The Morgan fingerprint density at radius 2 is 2.00 bits per heavy atom. The third kappa shape index (κ3) is 1.91. The van der Waals surface area contributed by atoms with Gasteiger partial charge in [0.25, 0.3) is 0 Å². The van der Waals surface area contributed by atoms with Crippen molar-refractivity contribution in [2.45, 2.75) is 20.4 Å². The number of nitrogens with zero attached hydrogens (tertiary/aromatic N) is 2. The smallest absolute Gasteiger partial charge is 0.194 e. The van der Waals surface area contributed by atoms with Crippen molar-refractivity contribution in [2.75, 3.05) is 13.2 Å². The van der Waals surface area contributed by atoms with E-state index in [1.165, 1.54) is 10.6 Å². The van der Waals surface area contributed by atoms with E-state index in [-0.39, 0.29) is 0 Å². The van der Waals surface area contributed by atoms with Crippen LogP contribution in [0.1, 0.15) is 16.3 Å². The summed E-state index contributed by atoms with van der Waals surface area (Å²) in [5.74, 6) is 1.56. The highest BCUT2D eigenvalue weighted by Crippen LogP contribution is 2.36. The highest BCUT2D eigenvalue weighted by molar-refractivity contribution is 7.17. The molecule has 2 aromatic heterocycles. The van der Waals surface area contributed by atoms with Crippen LogP contribution in [0.15, 0.2) is 18.2 Å². The maximum Gasteiger partial charge on any atom is 0.194 e. The molecule has 6 heteroatoms. The Balaban J connectivity index is 1.90. The van der Waals surface area contributed by atoms with Crippen LogP contribution in [0.3, 0.4) is 0 Å². The Bertz CT molecular complexity index is 866. The van der Waals surface area contributed by atoms with Crippen molar-refractivity contribution in [1.82, 2.24) is 9.38 Å². The minimum Gasteiger partial charge on any atom is -0.486 e. The second-order valence-electron chi connectivity index (χ2n) is 5.33. The zero-order chi connectivity index (χ0) is 15.3. The number of thiazole rings is 1. The van der Waals surface area contributed by atoms with Gasteiger partial charge in [0.05, 0.1) is 11.4 Å². The molecule has 0 bridgehead atoms. The van der Waals surface area contributed by atoms with Crippen molar-refractivity contribution in [3.8, 4) is 22.8 Å². The van der Waals surface area contributed by atoms with Crippen LogP contribution in [0.5, 0.6) is 11.5 Å². The topological polar surface area (TPSA) is 61.8 Å². The number of rotatable bonds is 2. The number of hydrogen-bond donors (Lipinski definition) is 1. The first-order valence-electron chi connectivity index (χ1n) is 7.26. The van der Waals surface area contributed by atoms with Crippen LogP contribution in [0, 0.1) is 13.8 Å². The van der Waals surface area contributed by atoms with Crippen LogP contribution in [-0.4, -0.2) is 22.6 Å². The van der Waals surface area contributed by atoms with Gasteiger partial charge in [-0.2, -0.15) is 0 Å². The minimum absolute atomic E-state index is 0.446. The summed E-state index contributed by atoms with van der Waals surface area (Å²) in [6, 6.07) is 5.94. The maximum atomic E-state index is 6.00. The Kier molecular flexibility index (Phi) is 3.09. The first-order chi connectivity index (χ1) is 10.7. The van der Waals surface area contributed by atoms with Crippen LogP contribution < -0.4 is 15.2 Å². The molecule has 0 spiro atoms. The standard InChI is InChI=1S/C16H17N3O2S/c1-9-10(2)22-16-18-15(12(8-17)19(9)16)11-3-4-13-14(7-11)21-6-5-20-13/h3-4,7H,5-6,8,17H2,1-2H3. The number of fused-ring (bicyclic) bond motifs is 2. The fraction of sp³-hybridized carbons (Fsp3) is 0.312. The molecule has 1 aliphatic rings. The van der Waals surface area contributed by atoms with Crippen molar-refractivity contribution < 1.29 is 9.47 Å². The summed E-state index contributed by atoms with van der Waals surface area (Å²) in [5.41, 5.74) is 10.2. The van der Waals surface area contributed by atoms with Crippen LogP contribution >= 0.6 is 11.3 Å². The molecule has 22 heavy (non-hydrogen) atoms. The Morgan fingerprint density at radius 3 is 2.77 bits per heavy atom. The molecule has 114 valence electrons. The molecule has 2 N–H and O–H groups in total. The number of aromatic nitrogens is 2. The zero-order valence-electron chi connectivity index (χ0n) is 12.5. The number of benzene rings is 1. The summed E-state index contributed by atoms with van der Waals surface area (Å²) in [6.07, 6.45) is 0. The Labute approximate surface area is 132 Å². The molecular weight excluding hydrogens is 298 g/mol. The number of imidazole rings is 1. The SMILES string of the molecule is Cc1sc2nc(-c3ccc4c(c3)OCCO4)c(CN)n2c1C. The summed E-state index contributed by atoms with van der Waals surface area (Å²) < 4.78 is 13.4. The normalized spacial score (nSPS) is 13.8. The second kappa shape index (κ2) is 5.00. The largest absolute Gasteiger partial charge is 0.486 e. The van der Waals surface area contributed by atoms with Gasteiger partial charge in [-0.15, -0.1) is 11.3 Å². The van der Waals surface area contributed by atoms with Gasteiger partial charge in [-0.05, 0) is 32.0 Å². The third-order valence-corrected chi connectivity index (χ3v) is 5.10. The van der Waals surface area contributed by atoms with E-state index >= 15 is 0 Å². The van der Waals surface area contributed by atoms with Crippen molar-refractivity contribution in [1.29, 1.82) is 0 Å². The van der Waals surface area contributed by atoms with Gasteiger partial charge in [0.15, 0.2) is 16.5 Å². The molecule has 4 rings (SSSR count). The Morgan fingerprint density at radius 1 is 1.23 bits per heavy atom. The summed E-state index contributed by atoms with van der Waals surface area (Å²) in [7, 11) is 0. The van der Waals surface area contributed by atoms with E-state index in [2.05, 4.69) is 18.2 Å². The lowest BCUT2D eigenvalue weighted by Crippen LogP contribution is -2.15. The molecule has 0 atom stereocenters. The predicted octanol–water partition coefficient (Wildman–Crippen LogP) is 2.91. The first kappa shape index (κ1) is 13.6. The van der Waals surface area contributed by atoms with Crippen LogP contribution in [-0.2, 0) is 6.54 Å². The molecule has 0 amide bonds. The fourth-order valence-electron chi connectivity index (χ4n) is 2.82. The van der Waals surface area contributed by atoms with E-state index < -0.39 is 0 Å². The second-order valence-corrected chi connectivity index (χ2v) is 6.51. The molecule has 3 heterocycles. The monoisotopic (exact) mass is 315 g/mol. The molecule has 0 unspecified atom stereocenters. The van der Waals surface area contributed by atoms with E-state index in [0.29, 0.717) is 19.8 Å². The van der Waals surface area contributed by atoms with Crippen molar-refractivity contribution in [3.05, 3.63) is 34.5 Å². The third-order valence-electron chi connectivity index (χ3n) is 4.04. The lowest BCUT2D eigenvalue weighted by atomic mass is 10.1. The van der Waals surface area contributed by atoms with Gasteiger partial charge in [0, 0.05) is 22.7 Å². The fourth-order valence-corrected chi connectivity index (χ4v) is 3.81. The lowest BCUT2D eigenvalue weighted by molar-refractivity contribution is 0.171. The van der Waals surface area contributed by atoms with Crippen LogP contribution in [0.25, 0.3) is 16.2 Å². The molecule has 0 saturated heterocycles. The predicted molar refractivity (Wildman–Crippen MR) is 86.9 cm³/mol. The highest BCUT2D eigenvalue weighted by Gasteiger charge is 2.19. The number of nitrogens with two attached hydrogens (primary N) is 1. The molecule has 0 radical (unpaired) electrons. The van der Waals surface area contributed by atoms with E-state index in [1.54, 1.807) is 11.3 Å². The molecule has 1 aromatic carbocycles. The van der Waals surface area contributed by atoms with E-state index in [1.807, 2.05) is 18.2 Å². The van der Waals surface area contributed by atoms with Gasteiger partial charge >= 0.3 is 0 Å². The molecule has 5 nitrogen and oxygen atoms in total. The summed E-state index contributed by atoms with van der Waals surface area (Å²) in [4.78, 5) is 7.05. The molecule has 0 saturated carbocycles.